The second kappa shape index (κ2) is 5.24. The number of methoxy groups -OCH3 is 1. The highest BCUT2D eigenvalue weighted by atomic mass is 16.5. The molecule has 2 aliphatic rings. The molecule has 0 radical (unpaired) electrons. The minimum Gasteiger partial charge on any atom is -0.377 e. The van der Waals surface area contributed by atoms with Crippen molar-refractivity contribution in [3.8, 4) is 0 Å². The van der Waals surface area contributed by atoms with Crippen molar-refractivity contribution in [1.82, 2.24) is 0 Å². The summed E-state index contributed by atoms with van der Waals surface area (Å²) in [5, 5.41) is 0. The van der Waals surface area contributed by atoms with Crippen LogP contribution in [0.25, 0.3) is 0 Å². The Morgan fingerprint density at radius 3 is 2.63 bits per heavy atom. The van der Waals surface area contributed by atoms with E-state index in [-0.39, 0.29) is 17.4 Å². The SMILES string of the molecule is CO[C@@H]1CCC(=O)[C@@H](C)[C@@]2(C)CCC1=C2C=C(C)C. The molecule has 2 aliphatic carbocycles. The number of ether oxygens (including phenoxy) is 1. The Balaban J connectivity index is 2.56. The third kappa shape index (κ3) is 2.43. The van der Waals surface area contributed by atoms with Crippen LogP contribution in [0, 0.1) is 11.3 Å². The lowest BCUT2D eigenvalue weighted by molar-refractivity contribution is -0.125. The van der Waals surface area contributed by atoms with Crippen molar-refractivity contribution in [2.75, 3.05) is 7.11 Å². The van der Waals surface area contributed by atoms with Crippen LogP contribution < -0.4 is 0 Å². The first-order valence-corrected chi connectivity index (χ1v) is 7.34. The number of hydrogen-bond acceptors (Lipinski definition) is 2. The van der Waals surface area contributed by atoms with E-state index in [0.717, 1.165) is 19.3 Å². The van der Waals surface area contributed by atoms with E-state index in [9.17, 15) is 4.79 Å². The van der Waals surface area contributed by atoms with E-state index in [4.69, 9.17) is 4.74 Å². The molecule has 0 N–H and O–H groups in total. The van der Waals surface area contributed by atoms with Crippen molar-refractivity contribution in [3.63, 3.8) is 0 Å². The maximum Gasteiger partial charge on any atom is 0.136 e. The van der Waals surface area contributed by atoms with Gasteiger partial charge in [0.1, 0.15) is 5.78 Å². The van der Waals surface area contributed by atoms with Gasteiger partial charge in [-0.3, -0.25) is 4.79 Å². The Labute approximate surface area is 116 Å². The first-order valence-electron chi connectivity index (χ1n) is 7.34. The average molecular weight is 262 g/mol. The third-order valence-corrected chi connectivity index (χ3v) is 5.07. The van der Waals surface area contributed by atoms with E-state index in [0.29, 0.717) is 12.2 Å². The zero-order valence-corrected chi connectivity index (χ0v) is 12.9. The largest absolute Gasteiger partial charge is 0.377 e. The molecule has 0 amide bonds. The molecule has 19 heavy (non-hydrogen) atoms. The lowest BCUT2D eigenvalue weighted by atomic mass is 9.69. The zero-order chi connectivity index (χ0) is 14.2. The van der Waals surface area contributed by atoms with Gasteiger partial charge in [-0.05, 0) is 44.3 Å². The predicted molar refractivity (Wildman–Crippen MR) is 78.0 cm³/mol. The van der Waals surface area contributed by atoms with Crippen LogP contribution in [0.1, 0.15) is 53.4 Å². The van der Waals surface area contributed by atoms with E-state index in [1.165, 1.54) is 16.7 Å². The summed E-state index contributed by atoms with van der Waals surface area (Å²) in [6.07, 6.45) is 6.05. The summed E-state index contributed by atoms with van der Waals surface area (Å²) in [5.74, 6) is 0.513. The smallest absolute Gasteiger partial charge is 0.136 e. The summed E-state index contributed by atoms with van der Waals surface area (Å²) in [6, 6.07) is 0. The molecule has 2 bridgehead atoms. The van der Waals surface area contributed by atoms with Gasteiger partial charge in [0.2, 0.25) is 0 Å². The third-order valence-electron chi connectivity index (χ3n) is 5.07. The molecule has 0 unspecified atom stereocenters. The Hall–Kier alpha value is -0.890. The topological polar surface area (TPSA) is 26.3 Å². The molecule has 0 aromatic carbocycles. The summed E-state index contributed by atoms with van der Waals surface area (Å²) < 4.78 is 5.66. The summed E-state index contributed by atoms with van der Waals surface area (Å²) in [5.41, 5.74) is 4.11. The van der Waals surface area contributed by atoms with Crippen LogP contribution in [-0.2, 0) is 9.53 Å². The van der Waals surface area contributed by atoms with Gasteiger partial charge in [-0.15, -0.1) is 0 Å². The number of fused-ring (bicyclic) bond motifs is 1. The summed E-state index contributed by atoms with van der Waals surface area (Å²) >= 11 is 0. The maximum atomic E-state index is 12.4. The maximum absolute atomic E-state index is 12.4. The highest BCUT2D eigenvalue weighted by Gasteiger charge is 2.45. The van der Waals surface area contributed by atoms with E-state index in [1.54, 1.807) is 7.11 Å². The highest BCUT2D eigenvalue weighted by molar-refractivity contribution is 5.82. The van der Waals surface area contributed by atoms with Crippen molar-refractivity contribution in [2.24, 2.45) is 11.3 Å². The lowest BCUT2D eigenvalue weighted by Gasteiger charge is -2.35. The minimum atomic E-state index is 0.000880. The Bertz CT molecular complexity index is 440. The van der Waals surface area contributed by atoms with Gasteiger partial charge in [0.05, 0.1) is 6.10 Å². The van der Waals surface area contributed by atoms with Gasteiger partial charge in [0, 0.05) is 24.9 Å². The van der Waals surface area contributed by atoms with Crippen LogP contribution in [-0.4, -0.2) is 19.0 Å². The second-order valence-electron chi connectivity index (χ2n) is 6.53. The van der Waals surface area contributed by atoms with Gasteiger partial charge in [0.25, 0.3) is 0 Å². The van der Waals surface area contributed by atoms with Crippen LogP contribution in [0.2, 0.25) is 0 Å². The van der Waals surface area contributed by atoms with Crippen molar-refractivity contribution in [1.29, 1.82) is 0 Å². The standard InChI is InChI=1S/C17H26O2/c1-11(2)10-14-13-8-9-17(14,4)12(3)15(18)6-7-16(13)19-5/h10,12,16H,6-9H2,1-5H3/t12-,16-,17-/m1/s1. The van der Waals surface area contributed by atoms with Crippen LogP contribution in [0.5, 0.6) is 0 Å². The number of rotatable bonds is 2. The van der Waals surface area contributed by atoms with Crippen molar-refractivity contribution in [3.05, 3.63) is 22.8 Å². The van der Waals surface area contributed by atoms with E-state index in [1.807, 2.05) is 0 Å². The monoisotopic (exact) mass is 262 g/mol. The average Bonchev–Trinajstić information content (AvgIpc) is 2.69. The molecule has 2 heteroatoms. The molecule has 0 aromatic heterocycles. The number of hydrogen-bond donors (Lipinski definition) is 0. The van der Waals surface area contributed by atoms with Gasteiger partial charge < -0.3 is 4.74 Å². The number of ketones is 1. The molecule has 0 aromatic rings. The quantitative estimate of drug-likeness (QED) is 0.750. The van der Waals surface area contributed by atoms with E-state index >= 15 is 0 Å². The number of carbonyl (C=O) groups excluding carboxylic acids is 1. The first kappa shape index (κ1) is 14.5. The van der Waals surface area contributed by atoms with Crippen LogP contribution in [0.15, 0.2) is 22.8 Å². The van der Waals surface area contributed by atoms with Gasteiger partial charge in [0.15, 0.2) is 0 Å². The summed E-state index contributed by atoms with van der Waals surface area (Å²) in [7, 11) is 1.77. The van der Waals surface area contributed by atoms with Crippen LogP contribution in [0.4, 0.5) is 0 Å². The fourth-order valence-electron chi connectivity index (χ4n) is 3.64. The second-order valence-corrected chi connectivity index (χ2v) is 6.53. The Morgan fingerprint density at radius 1 is 1.37 bits per heavy atom. The predicted octanol–water partition coefficient (Wildman–Crippen LogP) is 4.06. The minimum absolute atomic E-state index is 0.000880. The van der Waals surface area contributed by atoms with E-state index < -0.39 is 0 Å². The van der Waals surface area contributed by atoms with Gasteiger partial charge in [-0.1, -0.05) is 25.5 Å². The highest BCUT2D eigenvalue weighted by Crippen LogP contribution is 2.52. The number of Topliss-reactive ketones (excluding diaryl/α,β-unsaturated/α-hetero) is 1. The van der Waals surface area contributed by atoms with Crippen molar-refractivity contribution in [2.45, 2.75) is 59.5 Å². The fourth-order valence-corrected chi connectivity index (χ4v) is 3.64. The molecule has 0 saturated carbocycles. The Kier molecular flexibility index (Phi) is 4.00. The summed E-state index contributed by atoms with van der Waals surface area (Å²) in [6.45, 7) is 8.62. The fraction of sp³-hybridized carbons (Fsp3) is 0.706. The lowest BCUT2D eigenvalue weighted by Crippen LogP contribution is -2.33. The van der Waals surface area contributed by atoms with Crippen molar-refractivity contribution >= 4 is 5.78 Å². The van der Waals surface area contributed by atoms with E-state index in [2.05, 4.69) is 33.8 Å². The van der Waals surface area contributed by atoms with Gasteiger partial charge >= 0.3 is 0 Å². The zero-order valence-electron chi connectivity index (χ0n) is 12.9. The van der Waals surface area contributed by atoms with Crippen LogP contribution >= 0.6 is 0 Å². The number of allylic oxidation sites excluding steroid dienone is 3. The molecule has 106 valence electrons. The Morgan fingerprint density at radius 2 is 2.05 bits per heavy atom. The molecule has 2 nitrogen and oxygen atoms in total. The normalized spacial score (nSPS) is 35.1. The molecule has 2 rings (SSSR count). The van der Waals surface area contributed by atoms with Crippen molar-refractivity contribution < 1.29 is 9.53 Å². The van der Waals surface area contributed by atoms with Gasteiger partial charge in [-0.2, -0.15) is 0 Å². The molecular formula is C17H26O2. The molecule has 3 atom stereocenters. The first-order chi connectivity index (χ1) is 8.90. The molecule has 0 fully saturated rings. The number of carbonyl (C=O) groups is 1. The molecule has 0 saturated heterocycles. The summed E-state index contributed by atoms with van der Waals surface area (Å²) in [4.78, 5) is 12.4. The molecule has 0 spiro atoms. The molecule has 0 heterocycles. The van der Waals surface area contributed by atoms with Gasteiger partial charge in [-0.25, -0.2) is 0 Å². The van der Waals surface area contributed by atoms with Crippen LogP contribution in [0.3, 0.4) is 0 Å². The molecular weight excluding hydrogens is 236 g/mol. The molecule has 0 aliphatic heterocycles.